The van der Waals surface area contributed by atoms with E-state index < -0.39 is 5.91 Å². The summed E-state index contributed by atoms with van der Waals surface area (Å²) in [4.78, 5) is 12.2. The van der Waals surface area contributed by atoms with Gasteiger partial charge >= 0.3 is 0 Å². The molecule has 1 amide bonds. The smallest absolute Gasteiger partial charge is 0.268 e. The van der Waals surface area contributed by atoms with E-state index in [0.717, 1.165) is 17.0 Å². The highest BCUT2D eigenvalue weighted by Gasteiger charge is 2.14. The molecular weight excluding hydrogens is 320 g/mol. The van der Waals surface area contributed by atoms with Crippen molar-refractivity contribution in [3.8, 4) is 6.07 Å². The van der Waals surface area contributed by atoms with Gasteiger partial charge in [-0.3, -0.25) is 10.1 Å². The highest BCUT2D eigenvalue weighted by molar-refractivity contribution is 7.15. The highest BCUT2D eigenvalue weighted by Crippen LogP contribution is 2.23. The summed E-state index contributed by atoms with van der Waals surface area (Å²) in [5, 5.41) is 21.0. The quantitative estimate of drug-likeness (QED) is 0.675. The van der Waals surface area contributed by atoms with Gasteiger partial charge in [0.2, 0.25) is 5.13 Å². The van der Waals surface area contributed by atoms with Crippen LogP contribution in [0.5, 0.6) is 0 Å². The number of amides is 1. The SMILES string of the molecule is CCc1nnc(NC(=O)C(C#N)=Cc2ccc(C(C)(C)C)cc2)s1. The molecule has 6 heteroatoms. The van der Waals surface area contributed by atoms with Crippen LogP contribution in [0.4, 0.5) is 5.13 Å². The van der Waals surface area contributed by atoms with Gasteiger partial charge in [-0.15, -0.1) is 10.2 Å². The lowest BCUT2D eigenvalue weighted by molar-refractivity contribution is -0.112. The topological polar surface area (TPSA) is 78.7 Å². The van der Waals surface area contributed by atoms with Gasteiger partial charge in [0.25, 0.3) is 5.91 Å². The summed E-state index contributed by atoms with van der Waals surface area (Å²) in [6.45, 7) is 8.38. The molecule has 0 aliphatic rings. The van der Waals surface area contributed by atoms with E-state index in [9.17, 15) is 10.1 Å². The molecule has 0 aliphatic heterocycles. The minimum absolute atomic E-state index is 0.0340. The second-order valence-corrected chi connectivity index (χ2v) is 7.41. The van der Waals surface area contributed by atoms with E-state index in [2.05, 4.69) is 36.3 Å². The summed E-state index contributed by atoms with van der Waals surface area (Å²) in [6, 6.07) is 9.78. The van der Waals surface area contributed by atoms with Crippen molar-refractivity contribution >= 4 is 28.5 Å². The average molecular weight is 340 g/mol. The number of aromatic nitrogens is 2. The molecule has 0 radical (unpaired) electrons. The van der Waals surface area contributed by atoms with E-state index in [4.69, 9.17) is 0 Å². The van der Waals surface area contributed by atoms with Gasteiger partial charge in [-0.1, -0.05) is 63.3 Å². The zero-order valence-electron chi connectivity index (χ0n) is 14.3. The molecule has 0 spiro atoms. The van der Waals surface area contributed by atoms with Crippen molar-refractivity contribution in [1.82, 2.24) is 10.2 Å². The van der Waals surface area contributed by atoms with E-state index in [0.29, 0.717) is 5.13 Å². The Kier molecular flexibility index (Phi) is 5.47. The molecular formula is C18H20N4OS. The maximum absolute atomic E-state index is 12.2. The Morgan fingerprint density at radius 1 is 1.29 bits per heavy atom. The first-order valence-corrected chi connectivity index (χ1v) is 8.51. The number of nitrogens with one attached hydrogen (secondary N) is 1. The van der Waals surface area contributed by atoms with E-state index in [1.165, 1.54) is 16.9 Å². The standard InChI is InChI=1S/C18H20N4OS/c1-5-15-21-22-17(24-15)20-16(23)13(11-19)10-12-6-8-14(9-7-12)18(2,3)4/h6-10H,5H2,1-4H3,(H,20,22,23). The summed E-state index contributed by atoms with van der Waals surface area (Å²) in [6.07, 6.45) is 2.33. The fraction of sp³-hybridized carbons (Fsp3) is 0.333. The fourth-order valence-electron chi connectivity index (χ4n) is 2.01. The van der Waals surface area contributed by atoms with Crippen LogP contribution in [0.15, 0.2) is 29.8 Å². The number of hydrogen-bond donors (Lipinski definition) is 1. The van der Waals surface area contributed by atoms with Crippen LogP contribution in [-0.2, 0) is 16.6 Å². The van der Waals surface area contributed by atoms with Crippen LogP contribution in [0.1, 0.15) is 43.8 Å². The van der Waals surface area contributed by atoms with Crippen molar-refractivity contribution in [2.24, 2.45) is 0 Å². The number of hydrogen-bond acceptors (Lipinski definition) is 5. The van der Waals surface area contributed by atoms with Crippen LogP contribution in [0.2, 0.25) is 0 Å². The number of benzene rings is 1. The molecule has 0 fully saturated rings. The average Bonchev–Trinajstić information content (AvgIpc) is 2.99. The minimum atomic E-state index is -0.476. The molecule has 0 aliphatic carbocycles. The molecule has 0 atom stereocenters. The first-order chi connectivity index (χ1) is 11.3. The number of nitriles is 1. The van der Waals surface area contributed by atoms with Gasteiger partial charge in [-0.25, -0.2) is 0 Å². The Balaban J connectivity index is 2.16. The number of aryl methyl sites for hydroxylation is 1. The third-order valence-corrected chi connectivity index (χ3v) is 4.43. The molecule has 0 saturated carbocycles. The largest absolute Gasteiger partial charge is 0.296 e. The molecule has 5 nitrogen and oxygen atoms in total. The van der Waals surface area contributed by atoms with Gasteiger partial charge in [0.15, 0.2) is 0 Å². The molecule has 1 aromatic carbocycles. The first kappa shape index (κ1) is 17.8. The maximum atomic E-state index is 12.2. The molecule has 1 aromatic heterocycles. The third-order valence-electron chi connectivity index (χ3n) is 3.44. The van der Waals surface area contributed by atoms with Gasteiger partial charge in [-0.2, -0.15) is 5.26 Å². The van der Waals surface area contributed by atoms with E-state index in [-0.39, 0.29) is 11.0 Å². The van der Waals surface area contributed by atoms with Gasteiger partial charge in [-0.05, 0) is 29.0 Å². The van der Waals surface area contributed by atoms with Crippen molar-refractivity contribution in [3.63, 3.8) is 0 Å². The molecule has 1 N–H and O–H groups in total. The molecule has 0 bridgehead atoms. The highest BCUT2D eigenvalue weighted by atomic mass is 32.1. The van der Waals surface area contributed by atoms with Crippen LogP contribution < -0.4 is 5.32 Å². The minimum Gasteiger partial charge on any atom is -0.296 e. The lowest BCUT2D eigenvalue weighted by atomic mass is 9.86. The Bertz CT molecular complexity index is 792. The van der Waals surface area contributed by atoms with Crippen molar-refractivity contribution in [1.29, 1.82) is 5.26 Å². The van der Waals surface area contributed by atoms with Gasteiger partial charge in [0, 0.05) is 0 Å². The molecule has 1 heterocycles. The Labute approximate surface area is 146 Å². The first-order valence-electron chi connectivity index (χ1n) is 7.69. The van der Waals surface area contributed by atoms with Gasteiger partial charge in [0.05, 0.1) is 0 Å². The monoisotopic (exact) mass is 340 g/mol. The summed E-state index contributed by atoms with van der Waals surface area (Å²) in [7, 11) is 0. The second kappa shape index (κ2) is 7.37. The van der Waals surface area contributed by atoms with Crippen molar-refractivity contribution in [2.75, 3.05) is 5.32 Å². The molecule has 2 aromatic rings. The Morgan fingerprint density at radius 2 is 1.96 bits per heavy atom. The fourth-order valence-corrected chi connectivity index (χ4v) is 2.68. The van der Waals surface area contributed by atoms with Crippen molar-refractivity contribution in [2.45, 2.75) is 39.5 Å². The molecule has 0 saturated heterocycles. The van der Waals surface area contributed by atoms with Crippen LogP contribution in [0, 0.1) is 11.3 Å². The zero-order valence-corrected chi connectivity index (χ0v) is 15.1. The number of anilines is 1. The van der Waals surface area contributed by atoms with E-state index >= 15 is 0 Å². The zero-order chi connectivity index (χ0) is 17.7. The third kappa shape index (κ3) is 4.49. The Hall–Kier alpha value is -2.52. The predicted molar refractivity (Wildman–Crippen MR) is 96.6 cm³/mol. The number of nitrogens with zero attached hydrogens (tertiary/aromatic N) is 3. The molecule has 0 unspecified atom stereocenters. The van der Waals surface area contributed by atoms with Crippen LogP contribution in [-0.4, -0.2) is 16.1 Å². The molecule has 2 rings (SSSR count). The van der Waals surface area contributed by atoms with Crippen LogP contribution in [0.25, 0.3) is 6.08 Å². The lowest BCUT2D eigenvalue weighted by Gasteiger charge is -2.18. The van der Waals surface area contributed by atoms with E-state index in [1.54, 1.807) is 6.08 Å². The normalized spacial score (nSPS) is 11.9. The number of rotatable bonds is 4. The van der Waals surface area contributed by atoms with Crippen molar-refractivity contribution in [3.05, 3.63) is 46.0 Å². The van der Waals surface area contributed by atoms with E-state index in [1.807, 2.05) is 37.3 Å². The van der Waals surface area contributed by atoms with Gasteiger partial charge in [0.1, 0.15) is 16.6 Å². The maximum Gasteiger partial charge on any atom is 0.268 e. The Morgan fingerprint density at radius 3 is 2.46 bits per heavy atom. The molecule has 24 heavy (non-hydrogen) atoms. The van der Waals surface area contributed by atoms with Gasteiger partial charge < -0.3 is 0 Å². The van der Waals surface area contributed by atoms with Crippen LogP contribution in [0.3, 0.4) is 0 Å². The summed E-state index contributed by atoms with van der Waals surface area (Å²) in [5.74, 6) is -0.476. The predicted octanol–water partition coefficient (Wildman–Crippen LogP) is 3.94. The number of carbonyl (C=O) groups excluding carboxylic acids is 1. The van der Waals surface area contributed by atoms with Crippen LogP contribution >= 0.6 is 11.3 Å². The van der Waals surface area contributed by atoms with Crippen molar-refractivity contribution < 1.29 is 4.79 Å². The second-order valence-electron chi connectivity index (χ2n) is 6.35. The summed E-state index contributed by atoms with van der Waals surface area (Å²) < 4.78 is 0. The number of carbonyl (C=O) groups is 1. The lowest BCUT2D eigenvalue weighted by Crippen LogP contribution is -2.13. The summed E-state index contributed by atoms with van der Waals surface area (Å²) >= 11 is 1.31. The molecule has 124 valence electrons. The summed E-state index contributed by atoms with van der Waals surface area (Å²) in [5.41, 5.74) is 2.10.